The van der Waals surface area contributed by atoms with E-state index in [-0.39, 0.29) is 11.3 Å². The highest BCUT2D eigenvalue weighted by atomic mass is 35.5. The van der Waals surface area contributed by atoms with Crippen LogP contribution >= 0.6 is 11.6 Å². The lowest BCUT2D eigenvalue weighted by molar-refractivity contribution is 0.0940. The molecule has 1 aromatic carbocycles. The second kappa shape index (κ2) is 7.54. The van der Waals surface area contributed by atoms with Crippen LogP contribution in [0.3, 0.4) is 0 Å². The van der Waals surface area contributed by atoms with Gasteiger partial charge in [-0.15, -0.1) is 5.10 Å². The Balaban J connectivity index is 1.60. The predicted molar refractivity (Wildman–Crippen MR) is 98.0 cm³/mol. The third-order valence-corrected chi connectivity index (χ3v) is 4.99. The number of nitrogens with one attached hydrogen (secondary N) is 2. The van der Waals surface area contributed by atoms with Gasteiger partial charge in [-0.1, -0.05) is 42.8 Å². The minimum absolute atomic E-state index is 0.192. The van der Waals surface area contributed by atoms with Gasteiger partial charge in [-0.25, -0.2) is 4.68 Å². The highest BCUT2D eigenvalue weighted by Gasteiger charge is 2.23. The highest BCUT2D eigenvalue weighted by Crippen LogP contribution is 2.24. The van der Waals surface area contributed by atoms with E-state index in [2.05, 4.69) is 34.8 Å². The fraction of sp³-hybridized carbons (Fsp3) is 0.500. The molecule has 3 rings (SSSR count). The van der Waals surface area contributed by atoms with Crippen molar-refractivity contribution in [1.29, 1.82) is 0 Å². The van der Waals surface area contributed by atoms with Crippen LogP contribution in [0.5, 0.6) is 0 Å². The number of piperidine rings is 1. The summed E-state index contributed by atoms with van der Waals surface area (Å²) in [6.07, 6.45) is 3.77. The van der Waals surface area contributed by atoms with Gasteiger partial charge in [-0.3, -0.25) is 4.79 Å². The van der Waals surface area contributed by atoms with Gasteiger partial charge in [0.1, 0.15) is 0 Å². The van der Waals surface area contributed by atoms with Crippen LogP contribution in [0.25, 0.3) is 0 Å². The molecule has 0 radical (unpaired) electrons. The summed E-state index contributed by atoms with van der Waals surface area (Å²) >= 11 is 5.94. The maximum absolute atomic E-state index is 12.4. The number of halogens is 1. The zero-order valence-electron chi connectivity index (χ0n) is 14.6. The number of rotatable bonds is 5. The normalized spacial score (nSPS) is 16.0. The number of nitrogens with zero attached hydrogens (tertiary/aromatic N) is 3. The summed E-state index contributed by atoms with van der Waals surface area (Å²) in [4.78, 5) is 12.4. The molecule has 1 aliphatic heterocycles. The van der Waals surface area contributed by atoms with Crippen molar-refractivity contribution in [2.45, 2.75) is 38.1 Å². The molecule has 0 atom stereocenters. The Bertz CT molecular complexity index is 719. The van der Waals surface area contributed by atoms with Gasteiger partial charge in [0.25, 0.3) is 5.91 Å². The average Bonchev–Trinajstić information content (AvgIpc) is 3.11. The Morgan fingerprint density at radius 3 is 2.68 bits per heavy atom. The minimum atomic E-state index is -0.203. The molecule has 1 saturated heterocycles. The number of amides is 1. The first-order valence-electron chi connectivity index (χ1n) is 8.62. The molecule has 6 nitrogen and oxygen atoms in total. The van der Waals surface area contributed by atoms with Crippen molar-refractivity contribution in [2.24, 2.45) is 0 Å². The third kappa shape index (κ3) is 4.38. The smallest absolute Gasteiger partial charge is 0.273 e. The molecule has 2 N–H and O–H groups in total. The van der Waals surface area contributed by atoms with Crippen molar-refractivity contribution in [3.05, 3.63) is 46.7 Å². The molecule has 7 heteroatoms. The number of benzene rings is 1. The Hall–Kier alpha value is -1.92. The van der Waals surface area contributed by atoms with Crippen molar-refractivity contribution < 1.29 is 4.79 Å². The van der Waals surface area contributed by atoms with E-state index in [1.807, 2.05) is 28.9 Å². The first kappa shape index (κ1) is 17.9. The summed E-state index contributed by atoms with van der Waals surface area (Å²) in [5.41, 5.74) is 1.28. The topological polar surface area (TPSA) is 71.8 Å². The van der Waals surface area contributed by atoms with Crippen LogP contribution in [-0.2, 0) is 5.41 Å². The van der Waals surface area contributed by atoms with Gasteiger partial charge in [-0.2, -0.15) is 0 Å². The lowest BCUT2D eigenvalue weighted by Gasteiger charge is -2.25. The molecule has 0 saturated carbocycles. The lowest BCUT2D eigenvalue weighted by atomic mass is 9.84. The molecule has 1 aromatic heterocycles. The Labute approximate surface area is 152 Å². The molecule has 25 heavy (non-hydrogen) atoms. The van der Waals surface area contributed by atoms with Crippen LogP contribution in [0.4, 0.5) is 0 Å². The van der Waals surface area contributed by atoms with Gasteiger partial charge in [-0.05, 0) is 43.6 Å². The van der Waals surface area contributed by atoms with Gasteiger partial charge < -0.3 is 10.6 Å². The average molecular weight is 362 g/mol. The van der Waals surface area contributed by atoms with Crippen molar-refractivity contribution in [3.63, 3.8) is 0 Å². The van der Waals surface area contributed by atoms with Crippen LogP contribution in [0.1, 0.15) is 48.8 Å². The Morgan fingerprint density at radius 1 is 1.32 bits per heavy atom. The summed E-state index contributed by atoms with van der Waals surface area (Å²) in [7, 11) is 0. The van der Waals surface area contributed by atoms with E-state index in [4.69, 9.17) is 11.6 Å². The van der Waals surface area contributed by atoms with Gasteiger partial charge in [0.2, 0.25) is 0 Å². The maximum Gasteiger partial charge on any atom is 0.273 e. The SMILES string of the molecule is CC(C)(CNC(=O)c1cn(C2CCNCC2)nn1)c1ccc(Cl)cc1. The molecule has 2 aromatic rings. The molecule has 0 bridgehead atoms. The first-order valence-corrected chi connectivity index (χ1v) is 9.00. The molecule has 134 valence electrons. The fourth-order valence-corrected chi connectivity index (χ4v) is 3.15. The molecule has 1 aliphatic rings. The second-order valence-electron chi connectivity index (χ2n) is 7.14. The summed E-state index contributed by atoms with van der Waals surface area (Å²) in [6.45, 7) is 6.63. The van der Waals surface area contributed by atoms with Crippen molar-refractivity contribution >= 4 is 17.5 Å². The molecular weight excluding hydrogens is 338 g/mol. The molecule has 1 amide bonds. The molecule has 0 spiro atoms. The quantitative estimate of drug-likeness (QED) is 0.858. The number of hydrogen-bond donors (Lipinski definition) is 2. The Kier molecular flexibility index (Phi) is 5.39. The third-order valence-electron chi connectivity index (χ3n) is 4.74. The Morgan fingerprint density at radius 2 is 2.00 bits per heavy atom. The van der Waals surface area contributed by atoms with Crippen LogP contribution < -0.4 is 10.6 Å². The molecule has 0 aliphatic carbocycles. The molecule has 2 heterocycles. The van der Waals surface area contributed by atoms with E-state index in [0.717, 1.165) is 31.5 Å². The summed E-state index contributed by atoms with van der Waals surface area (Å²) in [5.74, 6) is -0.192. The summed E-state index contributed by atoms with van der Waals surface area (Å²) < 4.78 is 1.82. The van der Waals surface area contributed by atoms with Crippen molar-refractivity contribution in [3.8, 4) is 0 Å². The van der Waals surface area contributed by atoms with Gasteiger partial charge in [0.15, 0.2) is 5.69 Å². The second-order valence-corrected chi connectivity index (χ2v) is 7.57. The van der Waals surface area contributed by atoms with E-state index < -0.39 is 0 Å². The zero-order chi connectivity index (χ0) is 17.9. The van der Waals surface area contributed by atoms with E-state index in [1.54, 1.807) is 6.20 Å². The van der Waals surface area contributed by atoms with Crippen molar-refractivity contribution in [2.75, 3.05) is 19.6 Å². The predicted octanol–water partition coefficient (Wildman–Crippen LogP) is 2.56. The molecule has 1 fully saturated rings. The summed E-state index contributed by atoms with van der Waals surface area (Å²) in [6, 6.07) is 8.03. The van der Waals surface area contributed by atoms with Gasteiger partial charge in [0.05, 0.1) is 12.2 Å². The zero-order valence-corrected chi connectivity index (χ0v) is 15.4. The van der Waals surface area contributed by atoms with Crippen LogP contribution in [-0.4, -0.2) is 40.5 Å². The number of hydrogen-bond acceptors (Lipinski definition) is 4. The standard InChI is InChI=1S/C18H24ClN5O/c1-18(2,13-3-5-14(19)6-4-13)12-21-17(25)16-11-24(23-22-16)15-7-9-20-10-8-15/h3-6,11,15,20H,7-10,12H2,1-2H3,(H,21,25). The largest absolute Gasteiger partial charge is 0.350 e. The summed E-state index contributed by atoms with van der Waals surface area (Å²) in [5, 5.41) is 15.2. The maximum atomic E-state index is 12.4. The molecular formula is C18H24ClN5O. The number of carbonyl (C=O) groups excluding carboxylic acids is 1. The fourth-order valence-electron chi connectivity index (χ4n) is 3.03. The first-order chi connectivity index (χ1) is 12.0. The number of carbonyl (C=O) groups is 1. The highest BCUT2D eigenvalue weighted by molar-refractivity contribution is 6.30. The molecule has 0 unspecified atom stereocenters. The lowest BCUT2D eigenvalue weighted by Crippen LogP contribution is -2.36. The van der Waals surface area contributed by atoms with Crippen LogP contribution in [0.15, 0.2) is 30.5 Å². The van der Waals surface area contributed by atoms with Gasteiger partial charge >= 0.3 is 0 Å². The van der Waals surface area contributed by atoms with E-state index in [9.17, 15) is 4.79 Å². The van der Waals surface area contributed by atoms with Crippen molar-refractivity contribution in [1.82, 2.24) is 25.6 Å². The monoisotopic (exact) mass is 361 g/mol. The van der Waals surface area contributed by atoms with Crippen LogP contribution in [0, 0.1) is 0 Å². The van der Waals surface area contributed by atoms with Gasteiger partial charge in [0, 0.05) is 17.0 Å². The number of aromatic nitrogens is 3. The van der Waals surface area contributed by atoms with E-state index in [0.29, 0.717) is 23.3 Å². The van der Waals surface area contributed by atoms with E-state index in [1.165, 1.54) is 0 Å². The minimum Gasteiger partial charge on any atom is -0.350 e. The van der Waals surface area contributed by atoms with E-state index >= 15 is 0 Å². The van der Waals surface area contributed by atoms with Crippen LogP contribution in [0.2, 0.25) is 5.02 Å².